The molecule has 0 unspecified atom stereocenters. The standard InChI is InChI=1S/C17H19ClFNO/c18-13-2-1-3-14(19)15(13)16(21)20-17-7-10-4-11(8-17)6-12(5-10)9-17/h1-3,10-12H,4-9H2,(H,20,21). The van der Waals surface area contributed by atoms with E-state index < -0.39 is 5.82 Å². The third kappa shape index (κ3) is 2.26. The number of amides is 1. The third-order valence-electron chi connectivity index (χ3n) is 5.61. The van der Waals surface area contributed by atoms with Gasteiger partial charge >= 0.3 is 0 Å². The van der Waals surface area contributed by atoms with Crippen LogP contribution in [0.4, 0.5) is 4.39 Å². The first-order valence-corrected chi connectivity index (χ1v) is 8.19. The predicted molar refractivity (Wildman–Crippen MR) is 79.8 cm³/mol. The van der Waals surface area contributed by atoms with Crippen molar-refractivity contribution in [2.75, 3.05) is 0 Å². The van der Waals surface area contributed by atoms with Crippen molar-refractivity contribution < 1.29 is 9.18 Å². The summed E-state index contributed by atoms with van der Waals surface area (Å²) in [6.45, 7) is 0. The van der Waals surface area contributed by atoms with Gasteiger partial charge in [0.1, 0.15) is 5.82 Å². The Bertz CT molecular complexity index is 545. The van der Waals surface area contributed by atoms with Crippen molar-refractivity contribution in [3.05, 3.63) is 34.6 Å². The average molecular weight is 308 g/mol. The number of benzene rings is 1. The Hall–Kier alpha value is -1.09. The average Bonchev–Trinajstić information content (AvgIpc) is 2.35. The van der Waals surface area contributed by atoms with Crippen LogP contribution in [0.25, 0.3) is 0 Å². The molecule has 4 bridgehead atoms. The molecule has 1 aromatic carbocycles. The quantitative estimate of drug-likeness (QED) is 0.872. The zero-order valence-corrected chi connectivity index (χ0v) is 12.6. The van der Waals surface area contributed by atoms with Gasteiger partial charge in [-0.15, -0.1) is 0 Å². The zero-order valence-electron chi connectivity index (χ0n) is 11.9. The number of halogens is 2. The zero-order chi connectivity index (χ0) is 14.6. The van der Waals surface area contributed by atoms with Crippen LogP contribution < -0.4 is 5.32 Å². The fraction of sp³-hybridized carbons (Fsp3) is 0.588. The Labute approximate surface area is 129 Å². The minimum Gasteiger partial charge on any atom is -0.346 e. The molecular formula is C17H19ClFNO. The highest BCUT2D eigenvalue weighted by Crippen LogP contribution is 2.55. The topological polar surface area (TPSA) is 29.1 Å². The number of carbonyl (C=O) groups excluding carboxylic acids is 1. The molecule has 4 fully saturated rings. The van der Waals surface area contributed by atoms with E-state index >= 15 is 0 Å². The highest BCUT2D eigenvalue weighted by molar-refractivity contribution is 6.33. The second-order valence-corrected chi connectivity index (χ2v) is 7.66. The maximum absolute atomic E-state index is 13.9. The van der Waals surface area contributed by atoms with Crippen LogP contribution in [-0.2, 0) is 0 Å². The molecule has 0 spiro atoms. The van der Waals surface area contributed by atoms with Crippen molar-refractivity contribution >= 4 is 17.5 Å². The van der Waals surface area contributed by atoms with Crippen molar-refractivity contribution in [2.45, 2.75) is 44.1 Å². The smallest absolute Gasteiger partial charge is 0.256 e. The number of rotatable bonds is 2. The Morgan fingerprint density at radius 1 is 1.14 bits per heavy atom. The fourth-order valence-electron chi connectivity index (χ4n) is 5.28. The predicted octanol–water partition coefficient (Wildman–Crippen LogP) is 4.18. The minimum atomic E-state index is -0.537. The van der Waals surface area contributed by atoms with Gasteiger partial charge in [0, 0.05) is 5.54 Å². The number of carbonyl (C=O) groups is 1. The molecule has 4 aliphatic rings. The summed E-state index contributed by atoms with van der Waals surface area (Å²) in [7, 11) is 0. The van der Waals surface area contributed by atoms with E-state index in [1.54, 1.807) is 6.07 Å². The first-order chi connectivity index (χ1) is 10.0. The summed E-state index contributed by atoms with van der Waals surface area (Å²) in [5, 5.41) is 3.35. The van der Waals surface area contributed by atoms with Crippen LogP contribution >= 0.6 is 11.6 Å². The molecule has 4 heteroatoms. The van der Waals surface area contributed by atoms with Crippen molar-refractivity contribution in [2.24, 2.45) is 17.8 Å². The van der Waals surface area contributed by atoms with Gasteiger partial charge in [-0.25, -0.2) is 4.39 Å². The molecule has 4 aliphatic carbocycles. The van der Waals surface area contributed by atoms with Crippen molar-refractivity contribution in [1.29, 1.82) is 0 Å². The van der Waals surface area contributed by atoms with Gasteiger partial charge in [0.2, 0.25) is 0 Å². The highest BCUT2D eigenvalue weighted by atomic mass is 35.5. The Kier molecular flexibility index (Phi) is 3.04. The molecule has 0 saturated heterocycles. The summed E-state index contributed by atoms with van der Waals surface area (Å²) in [6, 6.07) is 4.39. The summed E-state index contributed by atoms with van der Waals surface area (Å²) in [6.07, 6.45) is 7.10. The van der Waals surface area contributed by atoms with Gasteiger partial charge < -0.3 is 5.32 Å². The number of nitrogens with one attached hydrogen (secondary N) is 1. The van der Waals surface area contributed by atoms with Crippen molar-refractivity contribution in [3.8, 4) is 0 Å². The van der Waals surface area contributed by atoms with E-state index in [0.717, 1.165) is 37.0 Å². The summed E-state index contributed by atoms with van der Waals surface area (Å²) >= 11 is 6.01. The minimum absolute atomic E-state index is 0.00471. The van der Waals surface area contributed by atoms with E-state index in [2.05, 4.69) is 5.32 Å². The van der Waals surface area contributed by atoms with Gasteiger partial charge in [-0.2, -0.15) is 0 Å². The lowest BCUT2D eigenvalue weighted by atomic mass is 9.53. The van der Waals surface area contributed by atoms with E-state index in [4.69, 9.17) is 11.6 Å². The monoisotopic (exact) mass is 307 g/mol. The van der Waals surface area contributed by atoms with E-state index in [1.165, 1.54) is 31.4 Å². The van der Waals surface area contributed by atoms with Crippen LogP contribution in [-0.4, -0.2) is 11.4 Å². The molecule has 4 saturated carbocycles. The van der Waals surface area contributed by atoms with Crippen molar-refractivity contribution in [3.63, 3.8) is 0 Å². The van der Waals surface area contributed by atoms with E-state index in [-0.39, 0.29) is 22.0 Å². The van der Waals surface area contributed by atoms with Crippen LogP contribution in [0.2, 0.25) is 5.02 Å². The second-order valence-electron chi connectivity index (χ2n) is 7.25. The Morgan fingerprint density at radius 3 is 2.24 bits per heavy atom. The van der Waals surface area contributed by atoms with Gasteiger partial charge in [-0.3, -0.25) is 4.79 Å². The van der Waals surface area contributed by atoms with Gasteiger partial charge in [0.25, 0.3) is 5.91 Å². The normalized spacial score (nSPS) is 36.8. The summed E-state index contributed by atoms with van der Waals surface area (Å²) in [5.41, 5.74) is -0.118. The first kappa shape index (κ1) is 13.6. The number of hydrogen-bond acceptors (Lipinski definition) is 1. The molecule has 112 valence electrons. The van der Waals surface area contributed by atoms with Crippen LogP contribution in [0.5, 0.6) is 0 Å². The molecule has 0 heterocycles. The summed E-state index contributed by atoms with van der Waals surface area (Å²) in [5.74, 6) is 1.35. The van der Waals surface area contributed by atoms with Crippen LogP contribution in [0.3, 0.4) is 0 Å². The SMILES string of the molecule is O=C(NC12CC3CC(CC(C3)C1)C2)c1c(F)cccc1Cl. The molecule has 0 atom stereocenters. The van der Waals surface area contributed by atoms with Crippen LogP contribution in [0.15, 0.2) is 18.2 Å². The summed E-state index contributed by atoms with van der Waals surface area (Å²) in [4.78, 5) is 12.5. The molecular weight excluding hydrogens is 289 g/mol. The van der Waals surface area contributed by atoms with Crippen LogP contribution in [0, 0.1) is 23.6 Å². The molecule has 0 aliphatic heterocycles. The summed E-state index contributed by atoms with van der Waals surface area (Å²) < 4.78 is 13.9. The van der Waals surface area contributed by atoms with E-state index in [9.17, 15) is 9.18 Å². The van der Waals surface area contributed by atoms with Gasteiger partial charge in [0.05, 0.1) is 10.6 Å². The van der Waals surface area contributed by atoms with Crippen LogP contribution in [0.1, 0.15) is 48.9 Å². The molecule has 1 amide bonds. The van der Waals surface area contributed by atoms with E-state index in [1.807, 2.05) is 0 Å². The van der Waals surface area contributed by atoms with Gasteiger partial charge in [0.15, 0.2) is 0 Å². The molecule has 2 nitrogen and oxygen atoms in total. The fourth-order valence-corrected chi connectivity index (χ4v) is 5.53. The maximum atomic E-state index is 13.9. The molecule has 0 aromatic heterocycles. The third-order valence-corrected chi connectivity index (χ3v) is 5.92. The molecule has 0 radical (unpaired) electrons. The largest absolute Gasteiger partial charge is 0.346 e. The lowest BCUT2D eigenvalue weighted by molar-refractivity contribution is -0.0167. The molecule has 21 heavy (non-hydrogen) atoms. The van der Waals surface area contributed by atoms with Crippen molar-refractivity contribution in [1.82, 2.24) is 5.32 Å². The highest BCUT2D eigenvalue weighted by Gasteiger charge is 2.51. The molecule has 1 N–H and O–H groups in total. The Balaban J connectivity index is 1.60. The van der Waals surface area contributed by atoms with Gasteiger partial charge in [-0.1, -0.05) is 17.7 Å². The Morgan fingerprint density at radius 2 is 1.71 bits per heavy atom. The maximum Gasteiger partial charge on any atom is 0.256 e. The van der Waals surface area contributed by atoms with Gasteiger partial charge in [-0.05, 0) is 68.4 Å². The molecule has 1 aromatic rings. The lowest BCUT2D eigenvalue weighted by Crippen LogP contribution is -2.59. The first-order valence-electron chi connectivity index (χ1n) is 7.81. The number of hydrogen-bond donors (Lipinski definition) is 1. The molecule has 5 rings (SSSR count). The second kappa shape index (κ2) is 4.70. The lowest BCUT2D eigenvalue weighted by Gasteiger charge is -2.56. The van der Waals surface area contributed by atoms with E-state index in [0.29, 0.717) is 0 Å².